The van der Waals surface area contributed by atoms with E-state index in [0.29, 0.717) is 23.4 Å². The summed E-state index contributed by atoms with van der Waals surface area (Å²) in [7, 11) is 0. The molecule has 2 N–H and O–H groups in total. The SMILES string of the molecule is CCCNC(=O)c1ccc(C(=O)Nc2ccc(C)c(-c3ccccn3)c2)c(Cl)c1. The molecule has 29 heavy (non-hydrogen) atoms. The molecule has 0 aliphatic heterocycles. The third kappa shape index (κ3) is 5.00. The summed E-state index contributed by atoms with van der Waals surface area (Å²) in [5, 5.41) is 5.88. The lowest BCUT2D eigenvalue weighted by Gasteiger charge is -2.11. The number of nitrogens with zero attached hydrogens (tertiary/aromatic N) is 1. The summed E-state index contributed by atoms with van der Waals surface area (Å²) < 4.78 is 0. The van der Waals surface area contributed by atoms with Crippen LogP contribution in [0.25, 0.3) is 11.3 Å². The van der Waals surface area contributed by atoms with Crippen molar-refractivity contribution in [3.05, 3.63) is 82.5 Å². The summed E-state index contributed by atoms with van der Waals surface area (Å²) in [5.74, 6) is -0.550. The highest BCUT2D eigenvalue weighted by atomic mass is 35.5. The molecule has 0 atom stereocenters. The lowest BCUT2D eigenvalue weighted by molar-refractivity contribution is 0.0951. The van der Waals surface area contributed by atoms with Gasteiger partial charge in [0.2, 0.25) is 0 Å². The second-order valence-corrected chi connectivity index (χ2v) is 7.06. The number of rotatable bonds is 6. The van der Waals surface area contributed by atoms with Crippen LogP contribution >= 0.6 is 11.6 Å². The Morgan fingerprint density at radius 1 is 1.03 bits per heavy atom. The molecule has 0 unspecified atom stereocenters. The molecule has 0 aliphatic carbocycles. The van der Waals surface area contributed by atoms with Crippen molar-refractivity contribution < 1.29 is 9.59 Å². The first-order valence-corrected chi connectivity index (χ1v) is 9.78. The topological polar surface area (TPSA) is 71.1 Å². The minimum Gasteiger partial charge on any atom is -0.352 e. The summed E-state index contributed by atoms with van der Waals surface area (Å²) in [6.45, 7) is 4.56. The van der Waals surface area contributed by atoms with Crippen LogP contribution in [0.1, 0.15) is 39.6 Å². The molecule has 0 fully saturated rings. The molecule has 0 bridgehead atoms. The summed E-state index contributed by atoms with van der Waals surface area (Å²) in [6.07, 6.45) is 2.58. The van der Waals surface area contributed by atoms with Crippen LogP contribution in [-0.2, 0) is 0 Å². The van der Waals surface area contributed by atoms with E-state index in [0.717, 1.165) is 23.2 Å². The summed E-state index contributed by atoms with van der Waals surface area (Å²) in [4.78, 5) is 29.1. The zero-order valence-electron chi connectivity index (χ0n) is 16.3. The molecule has 0 saturated carbocycles. The van der Waals surface area contributed by atoms with Gasteiger partial charge in [0.05, 0.1) is 16.3 Å². The van der Waals surface area contributed by atoms with Crippen LogP contribution < -0.4 is 10.6 Å². The number of hydrogen-bond acceptors (Lipinski definition) is 3. The Morgan fingerprint density at radius 3 is 2.55 bits per heavy atom. The Kier molecular flexibility index (Phi) is 6.62. The van der Waals surface area contributed by atoms with Crippen molar-refractivity contribution in [3.8, 4) is 11.3 Å². The minimum absolute atomic E-state index is 0.209. The van der Waals surface area contributed by atoms with Gasteiger partial charge in [0.1, 0.15) is 0 Å². The number of benzene rings is 2. The summed E-state index contributed by atoms with van der Waals surface area (Å²) >= 11 is 6.27. The number of amides is 2. The normalized spacial score (nSPS) is 10.4. The number of anilines is 1. The lowest BCUT2D eigenvalue weighted by atomic mass is 10.0. The fourth-order valence-corrected chi connectivity index (χ4v) is 3.14. The third-order valence-electron chi connectivity index (χ3n) is 4.45. The molecule has 6 heteroatoms. The number of pyridine rings is 1. The Balaban J connectivity index is 1.79. The molecule has 2 amide bonds. The van der Waals surface area contributed by atoms with Gasteiger partial charge in [-0.25, -0.2) is 0 Å². The van der Waals surface area contributed by atoms with E-state index in [1.54, 1.807) is 18.3 Å². The van der Waals surface area contributed by atoms with Crippen LogP contribution in [0, 0.1) is 6.92 Å². The van der Waals surface area contributed by atoms with E-state index in [9.17, 15) is 9.59 Å². The number of halogens is 1. The Labute approximate surface area is 175 Å². The quantitative estimate of drug-likeness (QED) is 0.597. The van der Waals surface area contributed by atoms with Crippen LogP contribution in [-0.4, -0.2) is 23.3 Å². The molecular formula is C23H22ClN3O2. The maximum absolute atomic E-state index is 12.7. The van der Waals surface area contributed by atoms with E-state index < -0.39 is 0 Å². The molecule has 0 saturated heterocycles. The van der Waals surface area contributed by atoms with E-state index in [4.69, 9.17) is 11.6 Å². The van der Waals surface area contributed by atoms with Gasteiger partial charge < -0.3 is 10.6 Å². The second-order valence-electron chi connectivity index (χ2n) is 6.65. The Hall–Kier alpha value is -3.18. The predicted octanol–water partition coefficient (Wildman–Crippen LogP) is 5.10. The molecule has 1 aromatic heterocycles. The van der Waals surface area contributed by atoms with Crippen LogP contribution in [0.15, 0.2) is 60.8 Å². The van der Waals surface area contributed by atoms with Gasteiger partial charge in [-0.2, -0.15) is 0 Å². The van der Waals surface area contributed by atoms with Crippen molar-refractivity contribution in [3.63, 3.8) is 0 Å². The van der Waals surface area contributed by atoms with Crippen LogP contribution in [0.5, 0.6) is 0 Å². The monoisotopic (exact) mass is 407 g/mol. The molecule has 2 aromatic carbocycles. The average Bonchev–Trinajstić information content (AvgIpc) is 2.73. The zero-order valence-corrected chi connectivity index (χ0v) is 17.1. The number of carbonyl (C=O) groups excluding carboxylic acids is 2. The molecule has 0 spiro atoms. The van der Waals surface area contributed by atoms with Crippen LogP contribution in [0.4, 0.5) is 5.69 Å². The van der Waals surface area contributed by atoms with E-state index >= 15 is 0 Å². The van der Waals surface area contributed by atoms with E-state index in [1.165, 1.54) is 6.07 Å². The van der Waals surface area contributed by atoms with E-state index in [1.807, 2.05) is 50.2 Å². The molecule has 0 radical (unpaired) electrons. The highest BCUT2D eigenvalue weighted by molar-refractivity contribution is 6.34. The minimum atomic E-state index is -0.341. The molecule has 148 valence electrons. The van der Waals surface area contributed by atoms with Gasteiger partial charge >= 0.3 is 0 Å². The molecule has 1 heterocycles. The zero-order chi connectivity index (χ0) is 20.8. The molecule has 3 aromatic rings. The summed E-state index contributed by atoms with van der Waals surface area (Å²) in [5.41, 5.74) is 4.20. The number of aromatic nitrogens is 1. The van der Waals surface area contributed by atoms with Crippen molar-refractivity contribution in [2.24, 2.45) is 0 Å². The van der Waals surface area contributed by atoms with Crippen molar-refractivity contribution in [1.29, 1.82) is 0 Å². The fraction of sp³-hybridized carbons (Fsp3) is 0.174. The maximum Gasteiger partial charge on any atom is 0.257 e. The third-order valence-corrected chi connectivity index (χ3v) is 4.76. The number of aryl methyl sites for hydroxylation is 1. The van der Waals surface area contributed by atoms with Gasteiger partial charge in [0, 0.05) is 29.6 Å². The van der Waals surface area contributed by atoms with Gasteiger partial charge in [0.15, 0.2) is 0 Å². The van der Waals surface area contributed by atoms with Crippen LogP contribution in [0.3, 0.4) is 0 Å². The van der Waals surface area contributed by atoms with Crippen molar-refractivity contribution in [2.75, 3.05) is 11.9 Å². The predicted molar refractivity (Wildman–Crippen MR) is 116 cm³/mol. The first-order valence-electron chi connectivity index (χ1n) is 9.40. The van der Waals surface area contributed by atoms with Crippen LogP contribution in [0.2, 0.25) is 5.02 Å². The first kappa shape index (κ1) is 20.6. The lowest BCUT2D eigenvalue weighted by Crippen LogP contribution is -2.24. The number of hydrogen-bond donors (Lipinski definition) is 2. The largest absolute Gasteiger partial charge is 0.352 e. The van der Waals surface area contributed by atoms with Crippen molar-refractivity contribution in [1.82, 2.24) is 10.3 Å². The Bertz CT molecular complexity index is 1040. The number of nitrogens with one attached hydrogen (secondary N) is 2. The van der Waals surface area contributed by atoms with E-state index in [2.05, 4.69) is 15.6 Å². The highest BCUT2D eigenvalue weighted by Gasteiger charge is 2.14. The number of carbonyl (C=O) groups is 2. The molecular weight excluding hydrogens is 386 g/mol. The van der Waals surface area contributed by atoms with Crippen molar-refractivity contribution in [2.45, 2.75) is 20.3 Å². The van der Waals surface area contributed by atoms with E-state index in [-0.39, 0.29) is 16.8 Å². The van der Waals surface area contributed by atoms with Gasteiger partial charge in [-0.05, 0) is 61.4 Å². The van der Waals surface area contributed by atoms with Crippen molar-refractivity contribution >= 4 is 29.1 Å². The first-order chi connectivity index (χ1) is 14.0. The van der Waals surface area contributed by atoms with Gasteiger partial charge in [0.25, 0.3) is 11.8 Å². The van der Waals surface area contributed by atoms with Gasteiger partial charge in [-0.3, -0.25) is 14.6 Å². The molecule has 3 rings (SSSR count). The second kappa shape index (κ2) is 9.34. The maximum atomic E-state index is 12.7. The standard InChI is InChI=1S/C23H22ClN3O2/c1-3-11-26-22(28)16-8-10-18(20(24)13-16)23(29)27-17-9-7-15(2)19(14-17)21-6-4-5-12-25-21/h4-10,12-14H,3,11H2,1-2H3,(H,26,28)(H,27,29). The average molecular weight is 408 g/mol. The molecule has 5 nitrogen and oxygen atoms in total. The highest BCUT2D eigenvalue weighted by Crippen LogP contribution is 2.26. The van der Waals surface area contributed by atoms with Gasteiger partial charge in [-0.1, -0.05) is 30.7 Å². The Morgan fingerprint density at radius 2 is 1.86 bits per heavy atom. The molecule has 0 aliphatic rings. The van der Waals surface area contributed by atoms with Gasteiger partial charge in [-0.15, -0.1) is 0 Å². The summed E-state index contributed by atoms with van der Waals surface area (Å²) in [6, 6.07) is 16.0. The smallest absolute Gasteiger partial charge is 0.257 e. The fourth-order valence-electron chi connectivity index (χ4n) is 2.88.